The number of fused-ring (bicyclic) bond motifs is 6. The fraction of sp³-hybridized carbons (Fsp3) is 0.120. The number of aryl methyl sites for hydroxylation is 3. The van der Waals surface area contributed by atoms with Crippen molar-refractivity contribution in [3.05, 3.63) is 83.6 Å². The molecule has 1 aromatic heterocycles. The summed E-state index contributed by atoms with van der Waals surface area (Å²) in [6.45, 7) is 6.47. The van der Waals surface area contributed by atoms with E-state index in [9.17, 15) is 0 Å². The van der Waals surface area contributed by atoms with Crippen LogP contribution in [0.25, 0.3) is 43.8 Å². The Bertz CT molecular complexity index is 1340. The van der Waals surface area contributed by atoms with Gasteiger partial charge in [-0.25, -0.2) is 4.98 Å². The topological polar surface area (TPSA) is 25.8 Å². The molecule has 27 heavy (non-hydrogen) atoms. The Morgan fingerprint density at radius 2 is 1.44 bits per heavy atom. The van der Waals surface area contributed by atoms with E-state index in [1.54, 1.807) is 0 Å². The fourth-order valence-electron chi connectivity index (χ4n) is 4.09. The van der Waals surface area contributed by atoms with Gasteiger partial charge in [0.25, 0.3) is 0 Å². The molecule has 0 spiro atoms. The van der Waals surface area contributed by atoms with E-state index in [0.717, 1.165) is 22.3 Å². The van der Waals surface area contributed by atoms with Gasteiger partial charge in [0.15, 0.2) is 0 Å². The van der Waals surface area contributed by atoms with Gasteiger partial charge in [-0.2, -0.15) is 0 Å². The third kappa shape index (κ3) is 2.48. The molecule has 0 fully saturated rings. The van der Waals surface area contributed by atoms with E-state index in [4.69, 9.17) is 9.97 Å². The van der Waals surface area contributed by atoms with Crippen LogP contribution in [0.1, 0.15) is 16.7 Å². The maximum absolute atomic E-state index is 5.05. The molecule has 5 aromatic rings. The zero-order chi connectivity index (χ0) is 18.5. The summed E-state index contributed by atoms with van der Waals surface area (Å²) in [5.41, 5.74) is 7.75. The molecule has 2 nitrogen and oxygen atoms in total. The average Bonchev–Trinajstić information content (AvgIpc) is 2.68. The van der Waals surface area contributed by atoms with Crippen molar-refractivity contribution < 1.29 is 0 Å². The summed E-state index contributed by atoms with van der Waals surface area (Å²) in [6.07, 6.45) is 1.90. The van der Waals surface area contributed by atoms with Crippen LogP contribution < -0.4 is 0 Å². The molecule has 4 aromatic carbocycles. The van der Waals surface area contributed by atoms with Gasteiger partial charge in [-0.05, 0) is 37.1 Å². The molecule has 0 atom stereocenters. The molecular weight excluding hydrogens is 328 g/mol. The predicted octanol–water partition coefficient (Wildman–Crippen LogP) is 6.53. The summed E-state index contributed by atoms with van der Waals surface area (Å²) in [5.74, 6) is 0. The SMILES string of the molecule is Cc1ccc2c(c1)c1cc(C)cc(C)c1c1ncc(-c3ccccc3)nc21. The van der Waals surface area contributed by atoms with Crippen LogP contribution in [0.2, 0.25) is 0 Å². The van der Waals surface area contributed by atoms with Crippen LogP contribution in [0, 0.1) is 20.8 Å². The summed E-state index contributed by atoms with van der Waals surface area (Å²) in [7, 11) is 0. The first-order valence-electron chi connectivity index (χ1n) is 9.27. The molecule has 0 aliphatic rings. The van der Waals surface area contributed by atoms with Crippen molar-refractivity contribution in [3.63, 3.8) is 0 Å². The van der Waals surface area contributed by atoms with Gasteiger partial charge in [0, 0.05) is 16.3 Å². The molecule has 0 bridgehead atoms. The van der Waals surface area contributed by atoms with E-state index in [2.05, 4.69) is 63.2 Å². The maximum Gasteiger partial charge on any atom is 0.0979 e. The highest BCUT2D eigenvalue weighted by Crippen LogP contribution is 2.36. The molecule has 0 saturated heterocycles. The van der Waals surface area contributed by atoms with Crippen LogP contribution in [0.15, 0.2) is 66.9 Å². The van der Waals surface area contributed by atoms with Gasteiger partial charge in [0.05, 0.1) is 22.9 Å². The molecule has 2 heteroatoms. The van der Waals surface area contributed by atoms with E-state index in [1.165, 1.54) is 38.2 Å². The summed E-state index contributed by atoms with van der Waals surface area (Å²) < 4.78 is 0. The van der Waals surface area contributed by atoms with Gasteiger partial charge in [0.2, 0.25) is 0 Å². The zero-order valence-electron chi connectivity index (χ0n) is 15.7. The third-order valence-electron chi connectivity index (χ3n) is 5.28. The molecule has 0 saturated carbocycles. The van der Waals surface area contributed by atoms with Gasteiger partial charge in [0.1, 0.15) is 0 Å². The van der Waals surface area contributed by atoms with Crippen molar-refractivity contribution in [2.75, 3.05) is 0 Å². The Labute approximate surface area is 158 Å². The maximum atomic E-state index is 5.05. The number of aromatic nitrogens is 2. The van der Waals surface area contributed by atoms with Crippen molar-refractivity contribution in [2.24, 2.45) is 0 Å². The van der Waals surface area contributed by atoms with E-state index in [0.29, 0.717) is 0 Å². The molecule has 5 rings (SSSR count). The highest BCUT2D eigenvalue weighted by molar-refractivity contribution is 6.24. The molecule has 1 heterocycles. The zero-order valence-corrected chi connectivity index (χ0v) is 15.7. The number of nitrogens with zero attached hydrogens (tertiary/aromatic N) is 2. The summed E-state index contributed by atoms with van der Waals surface area (Å²) in [5, 5.41) is 4.89. The lowest BCUT2D eigenvalue weighted by Gasteiger charge is -2.13. The van der Waals surface area contributed by atoms with Gasteiger partial charge in [-0.1, -0.05) is 71.8 Å². The molecular formula is C25H20N2. The molecule has 0 N–H and O–H groups in total. The summed E-state index contributed by atoms with van der Waals surface area (Å²) >= 11 is 0. The number of hydrogen-bond acceptors (Lipinski definition) is 2. The Morgan fingerprint density at radius 1 is 0.667 bits per heavy atom. The standard InChI is InChI=1S/C25H20N2/c1-15-9-10-19-20(12-15)21-13-16(2)11-17(3)23(21)25-24(19)27-22(14-26-25)18-7-5-4-6-8-18/h4-14H,1-3H3. The second kappa shape index (κ2) is 5.88. The highest BCUT2D eigenvalue weighted by Gasteiger charge is 2.14. The van der Waals surface area contributed by atoms with Crippen LogP contribution >= 0.6 is 0 Å². The van der Waals surface area contributed by atoms with E-state index in [1.807, 2.05) is 24.4 Å². The largest absolute Gasteiger partial charge is 0.252 e. The van der Waals surface area contributed by atoms with Gasteiger partial charge in [-0.15, -0.1) is 0 Å². The van der Waals surface area contributed by atoms with Gasteiger partial charge in [-0.3, -0.25) is 4.98 Å². The first-order valence-corrected chi connectivity index (χ1v) is 9.27. The molecule has 0 unspecified atom stereocenters. The number of benzene rings is 4. The Morgan fingerprint density at radius 3 is 2.26 bits per heavy atom. The van der Waals surface area contributed by atoms with E-state index in [-0.39, 0.29) is 0 Å². The van der Waals surface area contributed by atoms with Crippen LogP contribution in [-0.4, -0.2) is 9.97 Å². The second-order valence-electron chi connectivity index (χ2n) is 7.37. The summed E-state index contributed by atoms with van der Waals surface area (Å²) in [4.78, 5) is 9.94. The van der Waals surface area contributed by atoms with Crippen molar-refractivity contribution in [1.29, 1.82) is 0 Å². The van der Waals surface area contributed by atoms with Crippen molar-refractivity contribution in [2.45, 2.75) is 20.8 Å². The number of rotatable bonds is 1. The lowest BCUT2D eigenvalue weighted by molar-refractivity contribution is 1.30. The first-order chi connectivity index (χ1) is 13.1. The highest BCUT2D eigenvalue weighted by atomic mass is 14.8. The first kappa shape index (κ1) is 16.0. The van der Waals surface area contributed by atoms with E-state index < -0.39 is 0 Å². The Hall–Kier alpha value is -3.26. The van der Waals surface area contributed by atoms with Gasteiger partial charge >= 0.3 is 0 Å². The lowest BCUT2D eigenvalue weighted by Crippen LogP contribution is -1.94. The quantitative estimate of drug-likeness (QED) is 0.322. The fourth-order valence-corrected chi connectivity index (χ4v) is 4.09. The minimum atomic E-state index is 0.911. The monoisotopic (exact) mass is 348 g/mol. The molecule has 0 amide bonds. The van der Waals surface area contributed by atoms with Gasteiger partial charge < -0.3 is 0 Å². The predicted molar refractivity (Wildman–Crippen MR) is 114 cm³/mol. The lowest BCUT2D eigenvalue weighted by atomic mass is 9.94. The molecule has 0 radical (unpaired) electrons. The number of hydrogen-bond donors (Lipinski definition) is 0. The Balaban J connectivity index is 2.00. The average molecular weight is 348 g/mol. The minimum absolute atomic E-state index is 0.911. The molecule has 130 valence electrons. The minimum Gasteiger partial charge on any atom is -0.252 e. The van der Waals surface area contributed by atoms with Crippen molar-refractivity contribution in [3.8, 4) is 11.3 Å². The normalized spacial score (nSPS) is 11.5. The third-order valence-corrected chi connectivity index (χ3v) is 5.28. The van der Waals surface area contributed by atoms with Crippen molar-refractivity contribution in [1.82, 2.24) is 9.97 Å². The van der Waals surface area contributed by atoms with Crippen LogP contribution in [0.5, 0.6) is 0 Å². The second-order valence-corrected chi connectivity index (χ2v) is 7.37. The molecule has 0 aliphatic carbocycles. The van der Waals surface area contributed by atoms with E-state index >= 15 is 0 Å². The van der Waals surface area contributed by atoms with Crippen LogP contribution in [0.3, 0.4) is 0 Å². The Kier molecular flexibility index (Phi) is 3.48. The smallest absolute Gasteiger partial charge is 0.0979 e. The summed E-state index contributed by atoms with van der Waals surface area (Å²) in [6, 6.07) is 21.4. The van der Waals surface area contributed by atoms with Crippen LogP contribution in [0.4, 0.5) is 0 Å². The van der Waals surface area contributed by atoms with Crippen LogP contribution in [-0.2, 0) is 0 Å². The molecule has 0 aliphatic heterocycles. The van der Waals surface area contributed by atoms with Crippen molar-refractivity contribution >= 4 is 32.6 Å².